The summed E-state index contributed by atoms with van der Waals surface area (Å²) in [5.41, 5.74) is 0.427. The van der Waals surface area contributed by atoms with E-state index >= 15 is 0 Å². The van der Waals surface area contributed by atoms with E-state index in [2.05, 4.69) is 23.7 Å². The van der Waals surface area contributed by atoms with Crippen LogP contribution in [0, 0.1) is 0 Å². The van der Waals surface area contributed by atoms with Crippen molar-refractivity contribution in [3.8, 4) is 0 Å². The number of hydrogen-bond donors (Lipinski definition) is 1. The van der Waals surface area contributed by atoms with E-state index in [9.17, 15) is 14.4 Å². The van der Waals surface area contributed by atoms with Crippen LogP contribution in [0.25, 0.3) is 11.0 Å². The molecule has 3 rings (SSSR count). The van der Waals surface area contributed by atoms with Crippen LogP contribution in [0.2, 0.25) is 0 Å². The zero-order valence-corrected chi connectivity index (χ0v) is 16.5. The van der Waals surface area contributed by atoms with E-state index in [1.165, 1.54) is 4.57 Å². The highest BCUT2D eigenvalue weighted by molar-refractivity contribution is 5.97. The Kier molecular flexibility index (Phi) is 5.51. The molecule has 1 aliphatic heterocycles. The summed E-state index contributed by atoms with van der Waals surface area (Å²) in [5, 5.41) is 0. The van der Waals surface area contributed by atoms with Gasteiger partial charge in [0, 0.05) is 44.3 Å². The molecule has 0 spiro atoms. The number of benzene rings is 1. The Balaban J connectivity index is 1.85. The van der Waals surface area contributed by atoms with Crippen molar-refractivity contribution in [3.05, 3.63) is 44.5 Å². The fraction of sp³-hybridized carbons (Fsp3) is 0.550. The number of hydrogen-bond acceptors (Lipinski definition) is 4. The molecular formula is C20H28N4O3. The Bertz CT molecular complexity index is 952. The second kappa shape index (κ2) is 7.68. The van der Waals surface area contributed by atoms with Crippen LogP contribution in [0.5, 0.6) is 0 Å². The lowest BCUT2D eigenvalue weighted by atomic mass is 10.0. The van der Waals surface area contributed by atoms with Crippen LogP contribution < -0.4 is 11.1 Å². The number of nitrogens with zero attached hydrogens (tertiary/aromatic N) is 3. The molecule has 0 aliphatic carbocycles. The van der Waals surface area contributed by atoms with Crippen molar-refractivity contribution in [1.29, 1.82) is 0 Å². The molecule has 0 radical (unpaired) electrons. The normalized spacial score (nSPS) is 16.2. The topological polar surface area (TPSA) is 78.4 Å². The summed E-state index contributed by atoms with van der Waals surface area (Å²) in [6.45, 7) is 8.60. The summed E-state index contributed by atoms with van der Waals surface area (Å²) in [6, 6.07) is 5.88. The molecule has 1 fully saturated rings. The van der Waals surface area contributed by atoms with Gasteiger partial charge in [0.05, 0.1) is 11.0 Å². The third kappa shape index (κ3) is 3.69. The van der Waals surface area contributed by atoms with E-state index in [1.807, 2.05) is 18.9 Å². The van der Waals surface area contributed by atoms with Crippen molar-refractivity contribution in [3.63, 3.8) is 0 Å². The third-order valence-corrected chi connectivity index (χ3v) is 5.64. The Morgan fingerprint density at radius 1 is 1.26 bits per heavy atom. The van der Waals surface area contributed by atoms with Crippen molar-refractivity contribution < 1.29 is 4.79 Å². The summed E-state index contributed by atoms with van der Waals surface area (Å²) in [6.07, 6.45) is 1.92. The molecule has 1 N–H and O–H groups in total. The smallest absolute Gasteiger partial charge is 0.316 e. The third-order valence-electron chi connectivity index (χ3n) is 5.64. The molecule has 0 atom stereocenters. The highest BCUT2D eigenvalue weighted by Gasteiger charge is 2.27. The van der Waals surface area contributed by atoms with Crippen LogP contribution in [-0.4, -0.2) is 57.5 Å². The van der Waals surface area contributed by atoms with Gasteiger partial charge >= 0.3 is 11.1 Å². The van der Waals surface area contributed by atoms with Gasteiger partial charge < -0.3 is 19.4 Å². The fourth-order valence-corrected chi connectivity index (χ4v) is 3.89. The van der Waals surface area contributed by atoms with Crippen LogP contribution in [0.3, 0.4) is 0 Å². The van der Waals surface area contributed by atoms with Crippen LogP contribution in [0.15, 0.2) is 27.8 Å². The molecule has 0 bridgehead atoms. The van der Waals surface area contributed by atoms with E-state index in [-0.39, 0.29) is 11.9 Å². The number of fused-ring (bicyclic) bond motifs is 1. The zero-order chi connectivity index (χ0) is 19.7. The quantitative estimate of drug-likeness (QED) is 0.828. The highest BCUT2D eigenvalue weighted by atomic mass is 16.2. The summed E-state index contributed by atoms with van der Waals surface area (Å²) in [4.78, 5) is 43.6. The van der Waals surface area contributed by atoms with Crippen LogP contribution in [-0.2, 0) is 6.54 Å². The molecule has 27 heavy (non-hydrogen) atoms. The minimum absolute atomic E-state index is 0.0602. The van der Waals surface area contributed by atoms with Gasteiger partial charge in [0.25, 0.3) is 5.91 Å². The Labute approximate surface area is 158 Å². The first kappa shape index (κ1) is 19.4. The Morgan fingerprint density at radius 3 is 2.52 bits per heavy atom. The highest BCUT2D eigenvalue weighted by Crippen LogP contribution is 2.20. The largest absolute Gasteiger partial charge is 0.339 e. The SMILES string of the molecule is CCn1c(=O)c(=O)[nH]c2cc(C(=O)N(C)C3CCN(C(C)C)CC3)ccc21. The van der Waals surface area contributed by atoms with Crippen molar-refractivity contribution >= 4 is 16.9 Å². The van der Waals surface area contributed by atoms with Crippen molar-refractivity contribution in [2.75, 3.05) is 20.1 Å². The van der Waals surface area contributed by atoms with E-state index in [0.29, 0.717) is 29.2 Å². The Morgan fingerprint density at radius 2 is 1.93 bits per heavy atom. The average molecular weight is 372 g/mol. The number of aryl methyl sites for hydroxylation is 1. The zero-order valence-electron chi connectivity index (χ0n) is 16.5. The summed E-state index contributed by atoms with van der Waals surface area (Å²) in [7, 11) is 1.85. The predicted octanol–water partition coefficient (Wildman–Crippen LogP) is 1.65. The summed E-state index contributed by atoms with van der Waals surface area (Å²) >= 11 is 0. The lowest BCUT2D eigenvalue weighted by Gasteiger charge is -2.38. The number of nitrogens with one attached hydrogen (secondary N) is 1. The van der Waals surface area contributed by atoms with Crippen molar-refractivity contribution in [2.24, 2.45) is 0 Å². The number of H-pyrrole nitrogens is 1. The number of aromatic nitrogens is 2. The van der Waals surface area contributed by atoms with Gasteiger partial charge in [-0.05, 0) is 51.8 Å². The predicted molar refractivity (Wildman–Crippen MR) is 106 cm³/mol. The van der Waals surface area contributed by atoms with Gasteiger partial charge in [-0.1, -0.05) is 0 Å². The molecule has 7 heteroatoms. The molecule has 146 valence electrons. The number of amides is 1. The molecule has 1 aliphatic rings. The maximum Gasteiger partial charge on any atom is 0.316 e. The van der Waals surface area contributed by atoms with Crippen molar-refractivity contribution in [1.82, 2.24) is 19.4 Å². The van der Waals surface area contributed by atoms with Gasteiger partial charge in [0.2, 0.25) is 0 Å². The monoisotopic (exact) mass is 372 g/mol. The first-order chi connectivity index (χ1) is 12.8. The van der Waals surface area contributed by atoms with Gasteiger partial charge in [0.15, 0.2) is 0 Å². The molecule has 2 heterocycles. The summed E-state index contributed by atoms with van der Waals surface area (Å²) < 4.78 is 1.42. The number of carbonyl (C=O) groups is 1. The molecular weight excluding hydrogens is 344 g/mol. The standard InChI is InChI=1S/C20H28N4O3/c1-5-24-17-7-6-14(12-16(17)21-18(25)20(24)27)19(26)22(4)15-8-10-23(11-9-15)13(2)3/h6-7,12-13,15H,5,8-11H2,1-4H3,(H,21,25). The van der Waals surface area contributed by atoms with Gasteiger partial charge in [-0.2, -0.15) is 0 Å². The fourth-order valence-electron chi connectivity index (χ4n) is 3.89. The van der Waals surface area contributed by atoms with Gasteiger partial charge in [-0.15, -0.1) is 0 Å². The van der Waals surface area contributed by atoms with E-state index in [0.717, 1.165) is 25.9 Å². The van der Waals surface area contributed by atoms with E-state index < -0.39 is 11.1 Å². The van der Waals surface area contributed by atoms with Crippen molar-refractivity contribution in [2.45, 2.75) is 52.2 Å². The van der Waals surface area contributed by atoms with E-state index in [1.54, 1.807) is 18.2 Å². The molecule has 1 amide bonds. The first-order valence-corrected chi connectivity index (χ1v) is 9.61. The maximum absolute atomic E-state index is 13.0. The first-order valence-electron chi connectivity index (χ1n) is 9.61. The molecule has 7 nitrogen and oxygen atoms in total. The van der Waals surface area contributed by atoms with Gasteiger partial charge in [0.1, 0.15) is 0 Å². The molecule has 0 saturated carbocycles. The molecule has 1 aromatic heterocycles. The molecule has 0 unspecified atom stereocenters. The lowest BCUT2D eigenvalue weighted by Crippen LogP contribution is -2.47. The number of carbonyl (C=O) groups excluding carboxylic acids is 1. The lowest BCUT2D eigenvalue weighted by molar-refractivity contribution is 0.0615. The average Bonchev–Trinajstić information content (AvgIpc) is 2.67. The van der Waals surface area contributed by atoms with Crippen LogP contribution in [0.1, 0.15) is 44.0 Å². The minimum atomic E-state index is -0.664. The molecule has 1 saturated heterocycles. The van der Waals surface area contributed by atoms with Crippen LogP contribution in [0.4, 0.5) is 0 Å². The van der Waals surface area contributed by atoms with E-state index in [4.69, 9.17) is 0 Å². The minimum Gasteiger partial charge on any atom is -0.339 e. The maximum atomic E-state index is 13.0. The second-order valence-electron chi connectivity index (χ2n) is 7.51. The number of piperidine rings is 1. The molecule has 2 aromatic rings. The van der Waals surface area contributed by atoms with Gasteiger partial charge in [-0.3, -0.25) is 14.4 Å². The Hall–Kier alpha value is -2.41. The summed E-state index contributed by atoms with van der Waals surface area (Å²) in [5.74, 6) is -0.0602. The van der Waals surface area contributed by atoms with Gasteiger partial charge in [-0.25, -0.2) is 0 Å². The van der Waals surface area contributed by atoms with Crippen LogP contribution >= 0.6 is 0 Å². The molecule has 1 aromatic carbocycles. The number of aromatic amines is 1. The number of rotatable bonds is 4. The number of likely N-dealkylation sites (tertiary alicyclic amines) is 1. The second-order valence-corrected chi connectivity index (χ2v) is 7.51.